The van der Waals surface area contributed by atoms with Gasteiger partial charge in [0, 0.05) is 18.7 Å². The smallest absolute Gasteiger partial charge is 0.313 e. The lowest BCUT2D eigenvalue weighted by Gasteiger charge is -2.13. The molecule has 0 aliphatic rings. The van der Waals surface area contributed by atoms with Crippen LogP contribution in [-0.4, -0.2) is 26.0 Å². The predicted molar refractivity (Wildman–Crippen MR) is 96.2 cm³/mol. The number of hydrogen-bond donors (Lipinski definition) is 2. The first-order valence-corrected chi connectivity index (χ1v) is 7.89. The van der Waals surface area contributed by atoms with Crippen LogP contribution >= 0.6 is 11.6 Å². The van der Waals surface area contributed by atoms with Gasteiger partial charge in [-0.05, 0) is 18.1 Å². The zero-order valence-electron chi connectivity index (χ0n) is 14.2. The van der Waals surface area contributed by atoms with Crippen LogP contribution in [0.4, 0.5) is 5.69 Å². The van der Waals surface area contributed by atoms with Gasteiger partial charge in [0.05, 0.1) is 24.9 Å². The Balaban J connectivity index is 2.06. The highest BCUT2D eigenvalue weighted by atomic mass is 35.5. The van der Waals surface area contributed by atoms with Crippen LogP contribution < -0.4 is 20.1 Å². The molecule has 25 heavy (non-hydrogen) atoms. The molecule has 2 rings (SSSR count). The van der Waals surface area contributed by atoms with Crippen LogP contribution in [0.15, 0.2) is 36.4 Å². The first-order chi connectivity index (χ1) is 12.0. The zero-order valence-corrected chi connectivity index (χ0v) is 14.9. The molecule has 132 valence electrons. The largest absolute Gasteiger partial charge is 0.495 e. The van der Waals surface area contributed by atoms with E-state index in [1.165, 1.54) is 26.4 Å². The molecular formula is C18H19ClN2O4. The van der Waals surface area contributed by atoms with Crippen molar-refractivity contribution in [3.8, 4) is 11.5 Å². The Morgan fingerprint density at radius 3 is 2.36 bits per heavy atom. The molecule has 2 aromatic carbocycles. The number of methoxy groups -OCH3 is 2. The van der Waals surface area contributed by atoms with E-state index < -0.39 is 11.8 Å². The summed E-state index contributed by atoms with van der Waals surface area (Å²) < 4.78 is 10.3. The average Bonchev–Trinajstić information content (AvgIpc) is 2.61. The van der Waals surface area contributed by atoms with Gasteiger partial charge in [0.25, 0.3) is 0 Å². The maximum absolute atomic E-state index is 12.1. The van der Waals surface area contributed by atoms with Crippen LogP contribution in [0.2, 0.25) is 5.02 Å². The van der Waals surface area contributed by atoms with Gasteiger partial charge in [-0.25, -0.2) is 0 Å². The number of ether oxygens (including phenoxy) is 2. The number of hydrogen-bond acceptors (Lipinski definition) is 4. The SMILES string of the molecule is COc1cc(NC(=O)C(=O)NCc2ccccc2C)c(OC)cc1Cl. The second kappa shape index (κ2) is 8.39. The normalized spacial score (nSPS) is 10.1. The van der Waals surface area contributed by atoms with Crippen molar-refractivity contribution in [3.63, 3.8) is 0 Å². The first-order valence-electron chi connectivity index (χ1n) is 7.51. The minimum Gasteiger partial charge on any atom is -0.495 e. The average molecular weight is 363 g/mol. The molecule has 0 spiro atoms. The molecule has 0 radical (unpaired) electrons. The highest BCUT2D eigenvalue weighted by Crippen LogP contribution is 2.35. The molecule has 0 heterocycles. The van der Waals surface area contributed by atoms with Gasteiger partial charge in [0.2, 0.25) is 0 Å². The van der Waals surface area contributed by atoms with Crippen molar-refractivity contribution in [1.29, 1.82) is 0 Å². The first kappa shape index (κ1) is 18.6. The van der Waals surface area contributed by atoms with Gasteiger partial charge < -0.3 is 20.1 Å². The Hall–Kier alpha value is -2.73. The molecule has 0 atom stereocenters. The number of amides is 2. The molecule has 0 bridgehead atoms. The van der Waals surface area contributed by atoms with Crippen LogP contribution in [0, 0.1) is 6.92 Å². The van der Waals surface area contributed by atoms with E-state index in [0.29, 0.717) is 22.2 Å². The number of carbonyl (C=O) groups excluding carboxylic acids is 2. The highest BCUT2D eigenvalue weighted by Gasteiger charge is 2.17. The Morgan fingerprint density at radius 1 is 1.04 bits per heavy atom. The molecule has 7 heteroatoms. The van der Waals surface area contributed by atoms with E-state index in [0.717, 1.165) is 11.1 Å². The van der Waals surface area contributed by atoms with E-state index in [4.69, 9.17) is 21.1 Å². The number of anilines is 1. The van der Waals surface area contributed by atoms with Crippen LogP contribution in [0.1, 0.15) is 11.1 Å². The quantitative estimate of drug-likeness (QED) is 0.802. The molecule has 0 aromatic heterocycles. The van der Waals surface area contributed by atoms with E-state index in [1.54, 1.807) is 0 Å². The minimum atomic E-state index is -0.809. The van der Waals surface area contributed by atoms with Crippen molar-refractivity contribution in [2.75, 3.05) is 19.5 Å². The summed E-state index contributed by atoms with van der Waals surface area (Å²) in [6, 6.07) is 10.6. The lowest BCUT2D eigenvalue weighted by Crippen LogP contribution is -2.35. The van der Waals surface area contributed by atoms with Crippen molar-refractivity contribution in [3.05, 3.63) is 52.5 Å². The summed E-state index contributed by atoms with van der Waals surface area (Å²) in [7, 11) is 2.89. The molecule has 0 unspecified atom stereocenters. The van der Waals surface area contributed by atoms with Crippen molar-refractivity contribution < 1.29 is 19.1 Å². The van der Waals surface area contributed by atoms with E-state index >= 15 is 0 Å². The Morgan fingerprint density at radius 2 is 1.72 bits per heavy atom. The van der Waals surface area contributed by atoms with Gasteiger partial charge in [0.1, 0.15) is 11.5 Å². The van der Waals surface area contributed by atoms with E-state index in [1.807, 2.05) is 31.2 Å². The standard InChI is InChI=1S/C18H19ClN2O4/c1-11-6-4-5-7-12(11)10-20-17(22)18(23)21-14-9-15(24-2)13(19)8-16(14)25-3/h4-9H,10H2,1-3H3,(H,20,22)(H,21,23). The highest BCUT2D eigenvalue weighted by molar-refractivity contribution is 6.40. The van der Waals surface area contributed by atoms with E-state index in [9.17, 15) is 9.59 Å². The lowest BCUT2D eigenvalue weighted by molar-refractivity contribution is -0.136. The molecular weight excluding hydrogens is 344 g/mol. The molecule has 2 amide bonds. The van der Waals surface area contributed by atoms with Gasteiger partial charge in [-0.2, -0.15) is 0 Å². The van der Waals surface area contributed by atoms with Gasteiger partial charge in [0.15, 0.2) is 0 Å². The zero-order chi connectivity index (χ0) is 18.4. The fourth-order valence-electron chi connectivity index (χ4n) is 2.20. The second-order valence-corrected chi connectivity index (χ2v) is 5.66. The van der Waals surface area contributed by atoms with Gasteiger partial charge in [-0.1, -0.05) is 35.9 Å². The third-order valence-corrected chi connectivity index (χ3v) is 3.92. The molecule has 0 fully saturated rings. The minimum absolute atomic E-state index is 0.264. The van der Waals surface area contributed by atoms with Crippen molar-refractivity contribution in [2.45, 2.75) is 13.5 Å². The van der Waals surface area contributed by atoms with E-state index in [2.05, 4.69) is 10.6 Å². The number of rotatable bonds is 5. The maximum Gasteiger partial charge on any atom is 0.313 e. The summed E-state index contributed by atoms with van der Waals surface area (Å²) in [4.78, 5) is 24.2. The number of aryl methyl sites for hydroxylation is 1. The number of nitrogens with one attached hydrogen (secondary N) is 2. The summed E-state index contributed by atoms with van der Waals surface area (Å²) in [6.45, 7) is 2.20. The second-order valence-electron chi connectivity index (χ2n) is 5.25. The predicted octanol–water partition coefficient (Wildman–Crippen LogP) is 2.92. The Labute approximate surface area is 151 Å². The van der Waals surface area contributed by atoms with Crippen LogP contribution in [0.5, 0.6) is 11.5 Å². The third kappa shape index (κ3) is 4.64. The molecule has 2 N–H and O–H groups in total. The molecule has 0 saturated carbocycles. The van der Waals surface area contributed by atoms with Crippen LogP contribution in [-0.2, 0) is 16.1 Å². The van der Waals surface area contributed by atoms with Gasteiger partial charge >= 0.3 is 11.8 Å². The van der Waals surface area contributed by atoms with Crippen LogP contribution in [0.25, 0.3) is 0 Å². The van der Waals surface area contributed by atoms with Crippen LogP contribution in [0.3, 0.4) is 0 Å². The van der Waals surface area contributed by atoms with Crippen molar-refractivity contribution >= 4 is 29.1 Å². The van der Waals surface area contributed by atoms with Crippen molar-refractivity contribution in [1.82, 2.24) is 5.32 Å². The molecule has 6 nitrogen and oxygen atoms in total. The third-order valence-electron chi connectivity index (χ3n) is 3.63. The van der Waals surface area contributed by atoms with Crippen molar-refractivity contribution in [2.24, 2.45) is 0 Å². The molecule has 0 saturated heterocycles. The summed E-state index contributed by atoms with van der Waals surface area (Å²) >= 11 is 6.01. The monoisotopic (exact) mass is 362 g/mol. The topological polar surface area (TPSA) is 76.7 Å². The number of halogens is 1. The molecule has 2 aromatic rings. The number of benzene rings is 2. The fraction of sp³-hybridized carbons (Fsp3) is 0.222. The molecule has 0 aliphatic carbocycles. The summed E-state index contributed by atoms with van der Waals surface area (Å²) in [5.74, 6) is -0.876. The summed E-state index contributed by atoms with van der Waals surface area (Å²) in [5.41, 5.74) is 2.27. The summed E-state index contributed by atoms with van der Waals surface area (Å²) in [6.07, 6.45) is 0. The molecule has 0 aliphatic heterocycles. The van der Waals surface area contributed by atoms with Gasteiger partial charge in [-0.3, -0.25) is 9.59 Å². The van der Waals surface area contributed by atoms with E-state index in [-0.39, 0.29) is 6.54 Å². The Kier molecular flexibility index (Phi) is 6.25. The summed E-state index contributed by atoms with van der Waals surface area (Å²) in [5, 5.41) is 5.42. The maximum atomic E-state index is 12.1. The lowest BCUT2D eigenvalue weighted by atomic mass is 10.1. The van der Waals surface area contributed by atoms with Gasteiger partial charge in [-0.15, -0.1) is 0 Å². The fourth-order valence-corrected chi connectivity index (χ4v) is 2.43. The Bertz CT molecular complexity index is 793. The number of carbonyl (C=O) groups is 2.